The second kappa shape index (κ2) is 2.66. The van der Waals surface area contributed by atoms with Gasteiger partial charge in [0, 0.05) is 11.8 Å². The molecule has 54 valence electrons. The minimum atomic E-state index is -0.109. The summed E-state index contributed by atoms with van der Waals surface area (Å²) in [6.07, 6.45) is 1.64. The number of ketones is 1. The summed E-state index contributed by atoms with van der Waals surface area (Å²) in [5, 5.41) is 8.67. The first kappa shape index (κ1) is 7.02. The predicted molar refractivity (Wildman–Crippen MR) is 36.7 cm³/mol. The van der Waals surface area contributed by atoms with E-state index in [-0.39, 0.29) is 12.4 Å². The molecule has 0 bridgehead atoms. The first-order valence-corrected chi connectivity index (χ1v) is 3.03. The van der Waals surface area contributed by atoms with Crippen LogP contribution in [0.5, 0.6) is 0 Å². The van der Waals surface area contributed by atoms with Crippen molar-refractivity contribution in [3.8, 4) is 0 Å². The van der Waals surface area contributed by atoms with Gasteiger partial charge < -0.3 is 10.1 Å². The average molecular weight is 139 g/mol. The summed E-state index contributed by atoms with van der Waals surface area (Å²) in [7, 11) is 0. The van der Waals surface area contributed by atoms with E-state index in [9.17, 15) is 4.79 Å². The molecule has 3 heteroatoms. The molecule has 0 fully saturated rings. The van der Waals surface area contributed by atoms with Crippen molar-refractivity contribution < 1.29 is 9.90 Å². The number of hydrogen-bond donors (Lipinski definition) is 2. The van der Waals surface area contributed by atoms with Gasteiger partial charge in [-0.1, -0.05) is 0 Å². The zero-order valence-corrected chi connectivity index (χ0v) is 5.72. The number of aromatic amines is 1. The number of aliphatic hydroxyl groups excluding tert-OH is 1. The number of nitrogens with one attached hydrogen (secondary N) is 1. The molecule has 2 N–H and O–H groups in total. The van der Waals surface area contributed by atoms with Crippen LogP contribution >= 0.6 is 0 Å². The van der Waals surface area contributed by atoms with Crippen LogP contribution in [0.25, 0.3) is 0 Å². The van der Waals surface area contributed by atoms with E-state index in [1.54, 1.807) is 12.3 Å². The van der Waals surface area contributed by atoms with Gasteiger partial charge in [0.15, 0.2) is 5.78 Å². The van der Waals surface area contributed by atoms with Crippen LogP contribution < -0.4 is 0 Å². The summed E-state index contributed by atoms with van der Waals surface area (Å²) < 4.78 is 0. The molecule has 3 nitrogen and oxygen atoms in total. The number of hydrogen-bond acceptors (Lipinski definition) is 2. The first-order valence-electron chi connectivity index (χ1n) is 3.03. The Kier molecular flexibility index (Phi) is 1.87. The minimum Gasteiger partial charge on any atom is -0.390 e. The minimum absolute atomic E-state index is 0.0229. The molecule has 0 aliphatic heterocycles. The SMILES string of the molecule is CC(=O)c1cc[nH]c1CO. The van der Waals surface area contributed by atoms with E-state index in [4.69, 9.17) is 5.11 Å². The van der Waals surface area contributed by atoms with E-state index in [0.29, 0.717) is 11.3 Å². The zero-order chi connectivity index (χ0) is 7.56. The van der Waals surface area contributed by atoms with Crippen molar-refractivity contribution in [2.45, 2.75) is 13.5 Å². The summed E-state index contributed by atoms with van der Waals surface area (Å²) in [6, 6.07) is 1.66. The van der Waals surface area contributed by atoms with Crippen LogP contribution in [0.1, 0.15) is 23.0 Å². The number of carbonyl (C=O) groups is 1. The summed E-state index contributed by atoms with van der Waals surface area (Å²) in [5.74, 6) is -0.0229. The molecule has 10 heavy (non-hydrogen) atoms. The zero-order valence-electron chi connectivity index (χ0n) is 5.72. The largest absolute Gasteiger partial charge is 0.390 e. The van der Waals surface area contributed by atoms with Gasteiger partial charge in [-0.25, -0.2) is 0 Å². The van der Waals surface area contributed by atoms with E-state index in [0.717, 1.165) is 0 Å². The molecule has 1 heterocycles. The quantitative estimate of drug-likeness (QED) is 0.593. The van der Waals surface area contributed by atoms with Crippen molar-refractivity contribution >= 4 is 5.78 Å². The smallest absolute Gasteiger partial charge is 0.161 e. The van der Waals surface area contributed by atoms with E-state index in [1.165, 1.54) is 6.92 Å². The van der Waals surface area contributed by atoms with Crippen LogP contribution in [0, 0.1) is 0 Å². The molecule has 0 saturated heterocycles. The third-order valence-corrected chi connectivity index (χ3v) is 1.37. The van der Waals surface area contributed by atoms with Gasteiger partial charge in [-0.05, 0) is 13.0 Å². The standard InChI is InChI=1S/C7H9NO2/c1-5(10)6-2-3-8-7(6)4-9/h2-3,8-9H,4H2,1H3. The van der Waals surface area contributed by atoms with Crippen LogP contribution in [0.15, 0.2) is 12.3 Å². The summed E-state index contributed by atoms with van der Waals surface area (Å²) in [6.45, 7) is 1.37. The Morgan fingerprint density at radius 1 is 1.80 bits per heavy atom. The van der Waals surface area contributed by atoms with Crippen molar-refractivity contribution in [1.29, 1.82) is 0 Å². The third kappa shape index (κ3) is 1.09. The molecule has 0 aliphatic carbocycles. The maximum atomic E-state index is 10.8. The lowest BCUT2D eigenvalue weighted by atomic mass is 10.2. The lowest BCUT2D eigenvalue weighted by molar-refractivity contribution is 0.101. The number of H-pyrrole nitrogens is 1. The van der Waals surface area contributed by atoms with Crippen LogP contribution in [0.4, 0.5) is 0 Å². The number of aliphatic hydroxyl groups is 1. The van der Waals surface area contributed by atoms with Crippen LogP contribution in [-0.2, 0) is 6.61 Å². The topological polar surface area (TPSA) is 53.1 Å². The highest BCUT2D eigenvalue weighted by Gasteiger charge is 2.05. The van der Waals surface area contributed by atoms with E-state index >= 15 is 0 Å². The molecule has 0 aliphatic rings. The molecular weight excluding hydrogens is 130 g/mol. The third-order valence-electron chi connectivity index (χ3n) is 1.37. The number of carbonyl (C=O) groups excluding carboxylic acids is 1. The van der Waals surface area contributed by atoms with Crippen LogP contribution in [0.3, 0.4) is 0 Å². The Balaban J connectivity index is 3.01. The predicted octanol–water partition coefficient (Wildman–Crippen LogP) is 0.710. The fourth-order valence-electron chi connectivity index (χ4n) is 0.865. The molecule has 0 aromatic carbocycles. The van der Waals surface area contributed by atoms with Crippen molar-refractivity contribution in [2.75, 3.05) is 0 Å². The van der Waals surface area contributed by atoms with Crippen molar-refractivity contribution in [3.63, 3.8) is 0 Å². The monoisotopic (exact) mass is 139 g/mol. The van der Waals surface area contributed by atoms with Crippen molar-refractivity contribution in [2.24, 2.45) is 0 Å². The second-order valence-corrected chi connectivity index (χ2v) is 2.08. The molecule has 0 spiro atoms. The molecule has 1 aromatic rings. The van der Waals surface area contributed by atoms with E-state index in [2.05, 4.69) is 4.98 Å². The van der Waals surface area contributed by atoms with Crippen molar-refractivity contribution in [1.82, 2.24) is 4.98 Å². The van der Waals surface area contributed by atoms with Gasteiger partial charge in [-0.3, -0.25) is 4.79 Å². The highest BCUT2D eigenvalue weighted by Crippen LogP contribution is 2.06. The van der Waals surface area contributed by atoms with Crippen LogP contribution in [0.2, 0.25) is 0 Å². The van der Waals surface area contributed by atoms with Gasteiger partial charge in [0.25, 0.3) is 0 Å². The fraction of sp³-hybridized carbons (Fsp3) is 0.286. The number of rotatable bonds is 2. The molecule has 0 saturated carbocycles. The normalized spacial score (nSPS) is 9.80. The lowest BCUT2D eigenvalue weighted by Crippen LogP contribution is -1.95. The van der Waals surface area contributed by atoms with Gasteiger partial charge in [0.05, 0.1) is 12.3 Å². The Bertz CT molecular complexity index is 240. The van der Waals surface area contributed by atoms with Gasteiger partial charge in [0.1, 0.15) is 0 Å². The highest BCUT2D eigenvalue weighted by molar-refractivity contribution is 5.95. The summed E-state index contributed by atoms with van der Waals surface area (Å²) in [5.41, 5.74) is 1.16. The van der Waals surface area contributed by atoms with Gasteiger partial charge in [-0.2, -0.15) is 0 Å². The Labute approximate surface area is 58.7 Å². The highest BCUT2D eigenvalue weighted by atomic mass is 16.3. The Morgan fingerprint density at radius 2 is 2.50 bits per heavy atom. The molecular formula is C7H9NO2. The molecule has 1 aromatic heterocycles. The molecule has 0 unspecified atom stereocenters. The molecule has 1 rings (SSSR count). The van der Waals surface area contributed by atoms with E-state index < -0.39 is 0 Å². The lowest BCUT2D eigenvalue weighted by Gasteiger charge is -1.93. The molecule has 0 amide bonds. The number of aromatic nitrogens is 1. The summed E-state index contributed by atoms with van der Waals surface area (Å²) in [4.78, 5) is 13.5. The molecule has 0 atom stereocenters. The Morgan fingerprint density at radius 3 is 2.90 bits per heavy atom. The van der Waals surface area contributed by atoms with E-state index in [1.807, 2.05) is 0 Å². The maximum Gasteiger partial charge on any atom is 0.161 e. The van der Waals surface area contributed by atoms with Gasteiger partial charge in [-0.15, -0.1) is 0 Å². The fourth-order valence-corrected chi connectivity index (χ4v) is 0.865. The molecule has 0 radical (unpaired) electrons. The maximum absolute atomic E-state index is 10.8. The average Bonchev–Trinajstić information content (AvgIpc) is 2.33. The number of Topliss-reactive ketones (excluding diaryl/α,β-unsaturated/α-hetero) is 1. The van der Waals surface area contributed by atoms with Crippen LogP contribution in [-0.4, -0.2) is 15.9 Å². The first-order chi connectivity index (χ1) is 4.75. The van der Waals surface area contributed by atoms with Crippen molar-refractivity contribution in [3.05, 3.63) is 23.5 Å². The van der Waals surface area contributed by atoms with Gasteiger partial charge in [0.2, 0.25) is 0 Å². The van der Waals surface area contributed by atoms with Gasteiger partial charge >= 0.3 is 0 Å². The second-order valence-electron chi connectivity index (χ2n) is 2.08. The summed E-state index contributed by atoms with van der Waals surface area (Å²) >= 11 is 0. The Hall–Kier alpha value is -1.09.